The van der Waals surface area contributed by atoms with Crippen molar-refractivity contribution >= 4 is 28.5 Å². The normalized spacial score (nSPS) is 10.9. The predicted molar refractivity (Wildman–Crippen MR) is 64.5 cm³/mol. The van der Waals surface area contributed by atoms with Crippen molar-refractivity contribution in [1.82, 2.24) is 4.57 Å². The minimum absolute atomic E-state index is 0.157. The molecule has 0 saturated carbocycles. The molecule has 0 atom stereocenters. The Labute approximate surface area is 102 Å². The monoisotopic (exact) mass is 255 g/mol. The van der Waals surface area contributed by atoms with Gasteiger partial charge in [0.2, 0.25) is 0 Å². The second kappa shape index (κ2) is 4.75. The van der Waals surface area contributed by atoms with Crippen LogP contribution < -0.4 is 0 Å². The lowest BCUT2D eigenvalue weighted by atomic mass is 10.2. The molecule has 2 rings (SSSR count). The van der Waals surface area contributed by atoms with Gasteiger partial charge < -0.3 is 9.67 Å². The predicted octanol–water partition coefficient (Wildman–Crippen LogP) is 3.35. The molecule has 1 aromatic heterocycles. The smallest absolute Gasteiger partial charge is 0.337 e. The van der Waals surface area contributed by atoms with E-state index < -0.39 is 12.6 Å². The van der Waals surface area contributed by atoms with Crippen molar-refractivity contribution in [3.05, 3.63) is 35.0 Å². The first-order valence-electron chi connectivity index (χ1n) is 5.21. The Bertz CT molecular complexity index is 565. The molecule has 0 amide bonds. The number of aryl methyl sites for hydroxylation is 1. The van der Waals surface area contributed by atoms with Crippen LogP contribution in [-0.2, 0) is 6.54 Å². The van der Waals surface area contributed by atoms with E-state index in [2.05, 4.69) is 0 Å². The van der Waals surface area contributed by atoms with Gasteiger partial charge in [0, 0.05) is 18.1 Å². The first-order valence-corrected chi connectivity index (χ1v) is 5.59. The number of rotatable bonds is 4. The van der Waals surface area contributed by atoms with Crippen LogP contribution >= 0.6 is 11.6 Å². The molecule has 1 aromatic carbocycles. The molecule has 0 fully saturated rings. The van der Waals surface area contributed by atoms with Crippen LogP contribution in [0.1, 0.15) is 16.8 Å². The highest BCUT2D eigenvalue weighted by Crippen LogP contribution is 2.28. The molecule has 3 nitrogen and oxygen atoms in total. The van der Waals surface area contributed by atoms with E-state index in [-0.39, 0.29) is 5.56 Å². The number of carboxylic acid groups (broad SMARTS) is 1. The van der Waals surface area contributed by atoms with Gasteiger partial charge in [-0.05, 0) is 18.6 Å². The fourth-order valence-corrected chi connectivity index (χ4v) is 2.16. The molecular weight excluding hydrogens is 245 g/mol. The zero-order chi connectivity index (χ0) is 12.4. The zero-order valence-electron chi connectivity index (χ0n) is 8.99. The molecular formula is C12H11ClFNO2. The maximum absolute atomic E-state index is 12.2. The van der Waals surface area contributed by atoms with E-state index in [1.165, 1.54) is 6.20 Å². The number of fused-ring (bicyclic) bond motifs is 1. The van der Waals surface area contributed by atoms with Crippen LogP contribution in [0.25, 0.3) is 10.9 Å². The van der Waals surface area contributed by atoms with Gasteiger partial charge >= 0.3 is 5.97 Å². The Hall–Kier alpha value is -1.55. The third-order valence-electron chi connectivity index (χ3n) is 2.62. The Balaban J connectivity index is 2.62. The summed E-state index contributed by atoms with van der Waals surface area (Å²) in [5.74, 6) is -1.03. The van der Waals surface area contributed by atoms with Gasteiger partial charge in [-0.3, -0.25) is 4.39 Å². The lowest BCUT2D eigenvalue weighted by Gasteiger charge is -2.02. The van der Waals surface area contributed by atoms with Crippen molar-refractivity contribution in [2.45, 2.75) is 13.0 Å². The van der Waals surface area contributed by atoms with Crippen molar-refractivity contribution in [2.24, 2.45) is 0 Å². The molecule has 0 bridgehead atoms. The lowest BCUT2D eigenvalue weighted by Crippen LogP contribution is -1.97. The molecule has 1 heterocycles. The number of benzene rings is 1. The van der Waals surface area contributed by atoms with Crippen molar-refractivity contribution in [3.8, 4) is 0 Å². The summed E-state index contributed by atoms with van der Waals surface area (Å²) in [6.07, 6.45) is 1.86. The SMILES string of the molecule is O=C(O)c1cn(CCCF)c2cccc(Cl)c12. The average molecular weight is 256 g/mol. The molecule has 0 spiro atoms. The van der Waals surface area contributed by atoms with Crippen LogP contribution in [0.2, 0.25) is 5.02 Å². The maximum Gasteiger partial charge on any atom is 0.337 e. The fraction of sp³-hybridized carbons (Fsp3) is 0.250. The summed E-state index contributed by atoms with van der Waals surface area (Å²) in [7, 11) is 0. The Kier molecular flexibility index (Phi) is 3.33. The number of hydrogen-bond acceptors (Lipinski definition) is 1. The molecule has 5 heteroatoms. The Morgan fingerprint density at radius 2 is 2.24 bits per heavy atom. The van der Waals surface area contributed by atoms with Gasteiger partial charge in [-0.25, -0.2) is 4.79 Å². The van der Waals surface area contributed by atoms with E-state index in [0.717, 1.165) is 5.52 Å². The third-order valence-corrected chi connectivity index (χ3v) is 2.93. The Morgan fingerprint density at radius 3 is 2.88 bits per heavy atom. The van der Waals surface area contributed by atoms with E-state index in [0.29, 0.717) is 23.4 Å². The summed E-state index contributed by atoms with van der Waals surface area (Å²) in [6, 6.07) is 5.18. The van der Waals surface area contributed by atoms with Gasteiger partial charge in [-0.2, -0.15) is 0 Å². The highest BCUT2D eigenvalue weighted by Gasteiger charge is 2.16. The van der Waals surface area contributed by atoms with E-state index in [9.17, 15) is 9.18 Å². The zero-order valence-corrected chi connectivity index (χ0v) is 9.75. The first-order chi connectivity index (χ1) is 8.15. The molecule has 0 radical (unpaired) electrons. The third kappa shape index (κ3) is 2.13. The maximum atomic E-state index is 12.2. The number of aromatic carboxylic acids is 1. The summed E-state index contributed by atoms with van der Waals surface area (Å²) in [5.41, 5.74) is 0.882. The summed E-state index contributed by atoms with van der Waals surface area (Å²) in [5, 5.41) is 10.0. The largest absolute Gasteiger partial charge is 0.478 e. The van der Waals surface area contributed by atoms with Gasteiger partial charge in [-0.1, -0.05) is 17.7 Å². The number of carboxylic acids is 1. The molecule has 1 N–H and O–H groups in total. The van der Waals surface area contributed by atoms with Gasteiger partial charge in [0.1, 0.15) is 0 Å². The summed E-state index contributed by atoms with van der Waals surface area (Å²) in [4.78, 5) is 11.1. The second-order valence-corrected chi connectivity index (χ2v) is 4.13. The molecule has 0 unspecified atom stereocenters. The van der Waals surface area contributed by atoms with Crippen molar-refractivity contribution < 1.29 is 14.3 Å². The summed E-state index contributed by atoms with van der Waals surface area (Å²) >= 11 is 6.00. The number of hydrogen-bond donors (Lipinski definition) is 1. The molecule has 0 aliphatic heterocycles. The second-order valence-electron chi connectivity index (χ2n) is 3.72. The van der Waals surface area contributed by atoms with Crippen LogP contribution in [0.15, 0.2) is 24.4 Å². The standard InChI is InChI=1S/C12H11ClFNO2/c13-9-3-1-4-10-11(9)8(12(16)17)7-15(10)6-2-5-14/h1,3-4,7H,2,5-6H2,(H,16,17). The average Bonchev–Trinajstić information content (AvgIpc) is 2.67. The minimum atomic E-state index is -1.03. The van der Waals surface area contributed by atoms with Gasteiger partial charge in [0.15, 0.2) is 0 Å². The molecule has 90 valence electrons. The first kappa shape index (κ1) is 11.9. The minimum Gasteiger partial charge on any atom is -0.478 e. The number of nitrogens with zero attached hydrogens (tertiary/aromatic N) is 1. The molecule has 0 saturated heterocycles. The van der Waals surface area contributed by atoms with Crippen molar-refractivity contribution in [2.75, 3.05) is 6.67 Å². The fourth-order valence-electron chi connectivity index (χ4n) is 1.89. The van der Waals surface area contributed by atoms with E-state index in [4.69, 9.17) is 16.7 Å². The number of halogens is 2. The topological polar surface area (TPSA) is 42.2 Å². The van der Waals surface area contributed by atoms with Crippen LogP contribution in [-0.4, -0.2) is 22.3 Å². The van der Waals surface area contributed by atoms with Gasteiger partial charge in [0.05, 0.1) is 22.8 Å². The number of alkyl halides is 1. The van der Waals surface area contributed by atoms with Crippen LogP contribution in [0, 0.1) is 0 Å². The van der Waals surface area contributed by atoms with Crippen molar-refractivity contribution in [1.29, 1.82) is 0 Å². The summed E-state index contributed by atoms with van der Waals surface area (Å²) in [6.45, 7) is 0.0171. The molecule has 17 heavy (non-hydrogen) atoms. The van der Waals surface area contributed by atoms with Gasteiger partial charge in [0.25, 0.3) is 0 Å². The highest BCUT2D eigenvalue weighted by molar-refractivity contribution is 6.36. The van der Waals surface area contributed by atoms with Crippen LogP contribution in [0.3, 0.4) is 0 Å². The highest BCUT2D eigenvalue weighted by atomic mass is 35.5. The van der Waals surface area contributed by atoms with E-state index in [1.54, 1.807) is 22.8 Å². The Morgan fingerprint density at radius 1 is 1.47 bits per heavy atom. The van der Waals surface area contributed by atoms with Crippen LogP contribution in [0.5, 0.6) is 0 Å². The van der Waals surface area contributed by atoms with Gasteiger partial charge in [-0.15, -0.1) is 0 Å². The number of aromatic nitrogens is 1. The molecule has 2 aromatic rings. The molecule has 0 aliphatic carbocycles. The molecule has 0 aliphatic rings. The van der Waals surface area contributed by atoms with E-state index in [1.807, 2.05) is 0 Å². The summed E-state index contributed by atoms with van der Waals surface area (Å²) < 4.78 is 13.9. The van der Waals surface area contributed by atoms with E-state index >= 15 is 0 Å². The lowest BCUT2D eigenvalue weighted by molar-refractivity contribution is 0.0699. The quantitative estimate of drug-likeness (QED) is 0.910. The van der Waals surface area contributed by atoms with Crippen LogP contribution in [0.4, 0.5) is 4.39 Å². The number of carbonyl (C=O) groups is 1. The van der Waals surface area contributed by atoms with Crippen molar-refractivity contribution in [3.63, 3.8) is 0 Å².